The molecule has 0 bridgehead atoms. The van der Waals surface area contributed by atoms with Crippen molar-refractivity contribution in [1.82, 2.24) is 25.0 Å². The molecule has 3 heterocycles. The molecule has 2 saturated heterocycles. The molecule has 2 aliphatic rings. The standard InChI is InChI=1S/C24H33N5O3/c1-4-25-23(32)26-17(2)21(30)28-14-11-24(12-15-28)10-7-13-29(24)22(31)20-16-18-8-5-6-9-19(18)27(20)3/h5-6,8-9,16-17H,4,7,10-15H2,1-3H3,(H2,25,26,32). The number of carbonyl (C=O) groups excluding carboxylic acids is 3. The number of urea groups is 1. The summed E-state index contributed by atoms with van der Waals surface area (Å²) < 4.78 is 1.98. The number of para-hydroxylation sites is 1. The Kier molecular flexibility index (Phi) is 6.13. The van der Waals surface area contributed by atoms with E-state index in [1.54, 1.807) is 6.92 Å². The van der Waals surface area contributed by atoms with Crippen molar-refractivity contribution in [2.24, 2.45) is 7.05 Å². The summed E-state index contributed by atoms with van der Waals surface area (Å²) in [4.78, 5) is 42.0. The Morgan fingerprint density at radius 2 is 1.81 bits per heavy atom. The molecule has 2 aliphatic heterocycles. The molecule has 1 aromatic carbocycles. The lowest BCUT2D eigenvalue weighted by atomic mass is 9.84. The van der Waals surface area contributed by atoms with Gasteiger partial charge in [-0.05, 0) is 51.7 Å². The van der Waals surface area contributed by atoms with Crippen LogP contribution in [0.5, 0.6) is 0 Å². The highest BCUT2D eigenvalue weighted by Gasteiger charge is 2.46. The Morgan fingerprint density at radius 3 is 2.50 bits per heavy atom. The third-order valence-corrected chi connectivity index (χ3v) is 7.07. The Labute approximate surface area is 188 Å². The van der Waals surface area contributed by atoms with E-state index in [2.05, 4.69) is 15.5 Å². The topological polar surface area (TPSA) is 86.7 Å². The maximum absolute atomic E-state index is 13.6. The Hall–Kier alpha value is -3.03. The predicted octanol–water partition coefficient (Wildman–Crippen LogP) is 2.48. The molecule has 32 heavy (non-hydrogen) atoms. The molecule has 0 aliphatic carbocycles. The van der Waals surface area contributed by atoms with Crippen LogP contribution >= 0.6 is 0 Å². The van der Waals surface area contributed by atoms with Gasteiger partial charge in [-0.25, -0.2) is 4.79 Å². The Morgan fingerprint density at radius 1 is 1.09 bits per heavy atom. The largest absolute Gasteiger partial charge is 0.341 e. The number of amides is 4. The van der Waals surface area contributed by atoms with Crippen molar-refractivity contribution in [3.8, 4) is 0 Å². The van der Waals surface area contributed by atoms with Crippen LogP contribution in [-0.2, 0) is 11.8 Å². The number of aromatic nitrogens is 1. The number of carbonyl (C=O) groups is 3. The normalized spacial score (nSPS) is 18.7. The van der Waals surface area contributed by atoms with E-state index in [0.29, 0.717) is 25.3 Å². The zero-order valence-electron chi connectivity index (χ0n) is 19.2. The molecule has 1 unspecified atom stereocenters. The highest BCUT2D eigenvalue weighted by molar-refractivity contribution is 5.99. The van der Waals surface area contributed by atoms with Crippen LogP contribution < -0.4 is 10.6 Å². The summed E-state index contributed by atoms with van der Waals surface area (Å²) in [7, 11) is 1.95. The number of likely N-dealkylation sites (tertiary alicyclic amines) is 2. The summed E-state index contributed by atoms with van der Waals surface area (Å²) in [6.45, 7) is 6.01. The molecule has 1 spiro atoms. The smallest absolute Gasteiger partial charge is 0.315 e. The summed E-state index contributed by atoms with van der Waals surface area (Å²) in [5.41, 5.74) is 1.57. The molecule has 172 valence electrons. The van der Waals surface area contributed by atoms with E-state index in [1.165, 1.54) is 0 Å². The van der Waals surface area contributed by atoms with Crippen molar-refractivity contribution in [3.63, 3.8) is 0 Å². The van der Waals surface area contributed by atoms with Crippen molar-refractivity contribution in [3.05, 3.63) is 36.0 Å². The first kappa shape index (κ1) is 22.2. The summed E-state index contributed by atoms with van der Waals surface area (Å²) in [5, 5.41) is 6.42. The molecule has 0 radical (unpaired) electrons. The molecule has 4 amide bonds. The van der Waals surface area contributed by atoms with Gasteiger partial charge in [0.2, 0.25) is 5.91 Å². The Bertz CT molecular complexity index is 1020. The minimum atomic E-state index is -0.576. The van der Waals surface area contributed by atoms with Gasteiger partial charge in [-0.2, -0.15) is 0 Å². The number of rotatable bonds is 4. The van der Waals surface area contributed by atoms with E-state index in [0.717, 1.165) is 43.1 Å². The molecule has 2 aromatic rings. The highest BCUT2D eigenvalue weighted by Crippen LogP contribution is 2.39. The first-order valence-electron chi connectivity index (χ1n) is 11.6. The fraction of sp³-hybridized carbons (Fsp3) is 0.542. The average Bonchev–Trinajstić information content (AvgIpc) is 3.35. The number of hydrogen-bond acceptors (Lipinski definition) is 3. The lowest BCUT2D eigenvalue weighted by Gasteiger charge is -2.45. The molecular weight excluding hydrogens is 406 g/mol. The van der Waals surface area contributed by atoms with E-state index in [1.807, 2.05) is 53.8 Å². The predicted molar refractivity (Wildman–Crippen MR) is 123 cm³/mol. The average molecular weight is 440 g/mol. The second kappa shape index (κ2) is 8.84. The summed E-state index contributed by atoms with van der Waals surface area (Å²) >= 11 is 0. The minimum absolute atomic E-state index is 0.0735. The van der Waals surface area contributed by atoms with E-state index >= 15 is 0 Å². The molecule has 2 fully saturated rings. The SMILES string of the molecule is CCNC(=O)NC(C)C(=O)N1CCC2(CCCN2C(=O)c2cc3ccccc3n2C)CC1. The van der Waals surface area contributed by atoms with Crippen LogP contribution in [0.1, 0.15) is 50.0 Å². The molecular formula is C24H33N5O3. The van der Waals surface area contributed by atoms with Crippen molar-refractivity contribution in [1.29, 1.82) is 0 Å². The molecule has 2 N–H and O–H groups in total. The minimum Gasteiger partial charge on any atom is -0.341 e. The number of aryl methyl sites for hydroxylation is 1. The molecule has 8 nitrogen and oxygen atoms in total. The van der Waals surface area contributed by atoms with Crippen LogP contribution in [0.25, 0.3) is 10.9 Å². The van der Waals surface area contributed by atoms with Crippen LogP contribution in [0.3, 0.4) is 0 Å². The maximum Gasteiger partial charge on any atom is 0.315 e. The van der Waals surface area contributed by atoms with Gasteiger partial charge in [-0.3, -0.25) is 9.59 Å². The molecule has 4 rings (SSSR count). The number of nitrogens with one attached hydrogen (secondary N) is 2. The summed E-state index contributed by atoms with van der Waals surface area (Å²) in [6, 6.07) is 9.12. The second-order valence-corrected chi connectivity index (χ2v) is 8.98. The Balaban J connectivity index is 1.44. The zero-order valence-corrected chi connectivity index (χ0v) is 19.2. The lowest BCUT2D eigenvalue weighted by molar-refractivity contribution is -0.135. The lowest BCUT2D eigenvalue weighted by Crippen LogP contribution is -2.57. The van der Waals surface area contributed by atoms with Crippen LogP contribution in [0.15, 0.2) is 30.3 Å². The number of benzene rings is 1. The fourth-order valence-corrected chi connectivity index (χ4v) is 5.29. The summed E-state index contributed by atoms with van der Waals surface area (Å²) in [6.07, 6.45) is 3.49. The van der Waals surface area contributed by atoms with Gasteiger partial charge in [0.1, 0.15) is 11.7 Å². The fourth-order valence-electron chi connectivity index (χ4n) is 5.29. The first-order valence-corrected chi connectivity index (χ1v) is 11.6. The van der Waals surface area contributed by atoms with Crippen LogP contribution in [0.2, 0.25) is 0 Å². The molecule has 1 atom stereocenters. The van der Waals surface area contributed by atoms with Gasteiger partial charge in [-0.15, -0.1) is 0 Å². The number of nitrogens with zero attached hydrogens (tertiary/aromatic N) is 3. The first-order chi connectivity index (χ1) is 15.4. The van der Waals surface area contributed by atoms with Crippen LogP contribution in [-0.4, -0.2) is 70.0 Å². The van der Waals surface area contributed by atoms with Gasteiger partial charge in [0.15, 0.2) is 0 Å². The van der Waals surface area contributed by atoms with E-state index in [4.69, 9.17) is 0 Å². The maximum atomic E-state index is 13.6. The number of hydrogen-bond donors (Lipinski definition) is 2. The quantitative estimate of drug-likeness (QED) is 0.767. The highest BCUT2D eigenvalue weighted by atomic mass is 16.2. The van der Waals surface area contributed by atoms with Gasteiger partial charge in [0.05, 0.1) is 0 Å². The van der Waals surface area contributed by atoms with Crippen molar-refractivity contribution >= 4 is 28.7 Å². The molecule has 0 saturated carbocycles. The van der Waals surface area contributed by atoms with E-state index in [9.17, 15) is 14.4 Å². The number of piperidine rings is 1. The van der Waals surface area contributed by atoms with Crippen molar-refractivity contribution < 1.29 is 14.4 Å². The van der Waals surface area contributed by atoms with E-state index in [-0.39, 0.29) is 23.4 Å². The zero-order chi connectivity index (χ0) is 22.9. The molecule has 8 heteroatoms. The molecule has 1 aromatic heterocycles. The van der Waals surface area contributed by atoms with Gasteiger partial charge in [0.25, 0.3) is 5.91 Å². The number of fused-ring (bicyclic) bond motifs is 1. The second-order valence-electron chi connectivity index (χ2n) is 8.98. The van der Waals surface area contributed by atoms with E-state index < -0.39 is 6.04 Å². The van der Waals surface area contributed by atoms with Crippen molar-refractivity contribution in [2.45, 2.75) is 51.1 Å². The van der Waals surface area contributed by atoms with Gasteiger partial charge in [-0.1, -0.05) is 18.2 Å². The third kappa shape index (κ3) is 3.94. The third-order valence-electron chi connectivity index (χ3n) is 7.07. The van der Waals surface area contributed by atoms with Crippen LogP contribution in [0, 0.1) is 0 Å². The van der Waals surface area contributed by atoms with Gasteiger partial charge < -0.3 is 25.0 Å². The van der Waals surface area contributed by atoms with Crippen molar-refractivity contribution in [2.75, 3.05) is 26.2 Å². The van der Waals surface area contributed by atoms with Gasteiger partial charge in [0, 0.05) is 49.7 Å². The van der Waals surface area contributed by atoms with Crippen LogP contribution in [0.4, 0.5) is 4.79 Å². The van der Waals surface area contributed by atoms with Gasteiger partial charge >= 0.3 is 6.03 Å². The monoisotopic (exact) mass is 439 g/mol. The summed E-state index contributed by atoms with van der Waals surface area (Å²) in [5.74, 6) is 0.00269.